The molecule has 0 saturated heterocycles. The van der Waals surface area contributed by atoms with E-state index in [1.807, 2.05) is 13.0 Å². The molecule has 2 N–H and O–H groups in total. The Bertz CT molecular complexity index is 355. The summed E-state index contributed by atoms with van der Waals surface area (Å²) in [6, 6.07) is 3.57. The number of pyridine rings is 1. The van der Waals surface area contributed by atoms with Crippen LogP contribution in [0.4, 0.5) is 5.69 Å². The van der Waals surface area contributed by atoms with Gasteiger partial charge in [-0.25, -0.2) is 0 Å². The third-order valence-corrected chi connectivity index (χ3v) is 2.41. The summed E-state index contributed by atoms with van der Waals surface area (Å²) in [6.45, 7) is 4.87. The number of hydrogen-bond donors (Lipinski definition) is 1. The molecule has 1 aromatic rings. The van der Waals surface area contributed by atoms with Crippen LogP contribution >= 0.6 is 0 Å². The van der Waals surface area contributed by atoms with Gasteiger partial charge in [0.1, 0.15) is 0 Å². The Balaban J connectivity index is 2.84. The van der Waals surface area contributed by atoms with Crippen molar-refractivity contribution in [1.82, 2.24) is 4.57 Å². The molecule has 0 aliphatic carbocycles. The van der Waals surface area contributed by atoms with E-state index in [0.29, 0.717) is 5.69 Å². The van der Waals surface area contributed by atoms with Crippen molar-refractivity contribution in [3.63, 3.8) is 0 Å². The Hall–Kier alpha value is -1.25. The molecular weight excluding hydrogens is 176 g/mol. The monoisotopic (exact) mass is 194 g/mol. The molecule has 0 aromatic carbocycles. The molecule has 1 heterocycles. The normalized spacial score (nSPS) is 10.4. The molecule has 0 bridgehead atoms. The van der Waals surface area contributed by atoms with Gasteiger partial charge in [-0.2, -0.15) is 0 Å². The summed E-state index contributed by atoms with van der Waals surface area (Å²) in [5, 5.41) is 0. The van der Waals surface area contributed by atoms with E-state index in [1.54, 1.807) is 10.6 Å². The average Bonchev–Trinajstić information content (AvgIpc) is 2.18. The lowest BCUT2D eigenvalue weighted by atomic mass is 10.2. The predicted molar refractivity (Wildman–Crippen MR) is 59.4 cm³/mol. The SMILES string of the molecule is CCCCCn1c(C)ccc(N)c1=O. The second-order valence-corrected chi connectivity index (χ2v) is 3.59. The zero-order valence-electron chi connectivity index (χ0n) is 8.92. The van der Waals surface area contributed by atoms with Crippen LogP contribution in [0, 0.1) is 6.92 Å². The molecule has 0 atom stereocenters. The number of nitrogen functional groups attached to an aromatic ring is 1. The van der Waals surface area contributed by atoms with Crippen LogP contribution in [-0.4, -0.2) is 4.57 Å². The number of rotatable bonds is 4. The third kappa shape index (κ3) is 2.37. The van der Waals surface area contributed by atoms with Gasteiger partial charge in [0, 0.05) is 12.2 Å². The van der Waals surface area contributed by atoms with Gasteiger partial charge in [0.2, 0.25) is 0 Å². The highest BCUT2D eigenvalue weighted by molar-refractivity contribution is 5.35. The van der Waals surface area contributed by atoms with Crippen molar-refractivity contribution in [3.05, 3.63) is 28.2 Å². The van der Waals surface area contributed by atoms with E-state index in [-0.39, 0.29) is 5.56 Å². The second kappa shape index (κ2) is 4.84. The maximum absolute atomic E-state index is 11.6. The summed E-state index contributed by atoms with van der Waals surface area (Å²) >= 11 is 0. The van der Waals surface area contributed by atoms with Crippen LogP contribution < -0.4 is 11.3 Å². The fraction of sp³-hybridized carbons (Fsp3) is 0.545. The lowest BCUT2D eigenvalue weighted by Crippen LogP contribution is -2.24. The molecule has 0 amide bonds. The van der Waals surface area contributed by atoms with Gasteiger partial charge in [0.25, 0.3) is 5.56 Å². The first-order chi connectivity index (χ1) is 6.66. The Morgan fingerprint density at radius 1 is 1.36 bits per heavy atom. The minimum atomic E-state index is -0.0545. The van der Waals surface area contributed by atoms with Crippen LogP contribution in [0.3, 0.4) is 0 Å². The van der Waals surface area contributed by atoms with Gasteiger partial charge in [0.15, 0.2) is 0 Å². The molecule has 1 aromatic heterocycles. The lowest BCUT2D eigenvalue weighted by molar-refractivity contribution is 0.577. The minimum absolute atomic E-state index is 0.0545. The van der Waals surface area contributed by atoms with Gasteiger partial charge in [-0.3, -0.25) is 4.79 Å². The average molecular weight is 194 g/mol. The third-order valence-electron chi connectivity index (χ3n) is 2.41. The molecular formula is C11H18N2O. The van der Waals surface area contributed by atoms with Gasteiger partial charge < -0.3 is 10.3 Å². The molecule has 3 nitrogen and oxygen atoms in total. The van der Waals surface area contributed by atoms with Crippen molar-refractivity contribution in [2.45, 2.75) is 39.7 Å². The smallest absolute Gasteiger partial charge is 0.273 e. The molecule has 0 saturated carbocycles. The summed E-state index contributed by atoms with van der Waals surface area (Å²) in [5.74, 6) is 0. The topological polar surface area (TPSA) is 48.0 Å². The standard InChI is InChI=1S/C11H18N2O/c1-3-4-5-8-13-9(2)6-7-10(12)11(13)14/h6-7H,3-5,8,12H2,1-2H3. The highest BCUT2D eigenvalue weighted by Crippen LogP contribution is 2.02. The number of anilines is 1. The first kappa shape index (κ1) is 10.8. The predicted octanol–water partition coefficient (Wildman–Crippen LogP) is 1.93. The van der Waals surface area contributed by atoms with Gasteiger partial charge in [-0.05, 0) is 25.5 Å². The summed E-state index contributed by atoms with van der Waals surface area (Å²) < 4.78 is 1.75. The van der Waals surface area contributed by atoms with E-state index >= 15 is 0 Å². The molecule has 0 unspecified atom stereocenters. The first-order valence-corrected chi connectivity index (χ1v) is 5.12. The summed E-state index contributed by atoms with van der Waals surface area (Å²) in [4.78, 5) is 11.6. The number of aryl methyl sites for hydroxylation is 1. The summed E-state index contributed by atoms with van der Waals surface area (Å²) in [7, 11) is 0. The van der Waals surface area contributed by atoms with Crippen LogP contribution in [-0.2, 0) is 6.54 Å². The summed E-state index contributed by atoms with van der Waals surface area (Å²) in [5.41, 5.74) is 6.83. The number of unbranched alkanes of at least 4 members (excludes halogenated alkanes) is 2. The van der Waals surface area contributed by atoms with Gasteiger partial charge in [-0.15, -0.1) is 0 Å². The Labute approximate surface area is 84.6 Å². The highest BCUT2D eigenvalue weighted by Gasteiger charge is 2.02. The molecule has 0 aliphatic rings. The van der Waals surface area contributed by atoms with E-state index in [1.165, 1.54) is 0 Å². The Kier molecular flexibility index (Phi) is 3.74. The number of hydrogen-bond acceptors (Lipinski definition) is 2. The van der Waals surface area contributed by atoms with Crippen LogP contribution in [0.2, 0.25) is 0 Å². The quantitative estimate of drug-likeness (QED) is 0.744. The van der Waals surface area contributed by atoms with Crippen LogP contribution in [0.5, 0.6) is 0 Å². The zero-order chi connectivity index (χ0) is 10.6. The molecule has 0 fully saturated rings. The van der Waals surface area contributed by atoms with Crippen molar-refractivity contribution in [1.29, 1.82) is 0 Å². The van der Waals surface area contributed by atoms with Crippen LogP contribution in [0.1, 0.15) is 31.9 Å². The Morgan fingerprint density at radius 2 is 2.07 bits per heavy atom. The molecule has 78 valence electrons. The molecule has 3 heteroatoms. The highest BCUT2D eigenvalue weighted by atomic mass is 16.1. The molecule has 0 aliphatic heterocycles. The fourth-order valence-electron chi connectivity index (χ4n) is 1.49. The second-order valence-electron chi connectivity index (χ2n) is 3.59. The van der Waals surface area contributed by atoms with E-state index < -0.39 is 0 Å². The van der Waals surface area contributed by atoms with E-state index in [0.717, 1.165) is 31.5 Å². The van der Waals surface area contributed by atoms with Crippen molar-refractivity contribution in [3.8, 4) is 0 Å². The number of nitrogens with zero attached hydrogens (tertiary/aromatic N) is 1. The van der Waals surface area contributed by atoms with Crippen LogP contribution in [0.15, 0.2) is 16.9 Å². The number of nitrogens with two attached hydrogens (primary N) is 1. The molecule has 1 rings (SSSR count). The Morgan fingerprint density at radius 3 is 2.71 bits per heavy atom. The summed E-state index contributed by atoms with van der Waals surface area (Å²) in [6.07, 6.45) is 3.36. The van der Waals surface area contributed by atoms with Gasteiger partial charge in [0.05, 0.1) is 5.69 Å². The maximum atomic E-state index is 11.6. The van der Waals surface area contributed by atoms with E-state index in [2.05, 4.69) is 6.92 Å². The van der Waals surface area contributed by atoms with Crippen molar-refractivity contribution < 1.29 is 0 Å². The lowest BCUT2D eigenvalue weighted by Gasteiger charge is -2.09. The van der Waals surface area contributed by atoms with Crippen molar-refractivity contribution in [2.24, 2.45) is 0 Å². The fourth-order valence-corrected chi connectivity index (χ4v) is 1.49. The zero-order valence-corrected chi connectivity index (χ0v) is 8.92. The first-order valence-electron chi connectivity index (χ1n) is 5.12. The van der Waals surface area contributed by atoms with Crippen molar-refractivity contribution in [2.75, 3.05) is 5.73 Å². The molecule has 0 radical (unpaired) electrons. The van der Waals surface area contributed by atoms with Gasteiger partial charge in [-0.1, -0.05) is 19.8 Å². The molecule has 14 heavy (non-hydrogen) atoms. The largest absolute Gasteiger partial charge is 0.394 e. The van der Waals surface area contributed by atoms with Crippen molar-refractivity contribution >= 4 is 5.69 Å². The number of aromatic nitrogens is 1. The van der Waals surface area contributed by atoms with Crippen LogP contribution in [0.25, 0.3) is 0 Å². The van der Waals surface area contributed by atoms with E-state index in [4.69, 9.17) is 5.73 Å². The minimum Gasteiger partial charge on any atom is -0.394 e. The van der Waals surface area contributed by atoms with E-state index in [9.17, 15) is 4.79 Å². The van der Waals surface area contributed by atoms with Gasteiger partial charge >= 0.3 is 0 Å². The maximum Gasteiger partial charge on any atom is 0.273 e. The molecule has 0 spiro atoms.